The maximum Gasteiger partial charge on any atom is 0.126 e. The van der Waals surface area contributed by atoms with Gasteiger partial charge in [0.1, 0.15) is 11.4 Å². The third-order valence-electron chi connectivity index (χ3n) is 3.01. The molecule has 1 aromatic rings. The molecule has 0 saturated carbocycles. The van der Waals surface area contributed by atoms with Gasteiger partial charge in [-0.3, -0.25) is 0 Å². The zero-order valence-electron chi connectivity index (χ0n) is 9.82. The highest BCUT2D eigenvalue weighted by atomic mass is 16.5. The summed E-state index contributed by atoms with van der Waals surface area (Å²) in [4.78, 5) is 4.26. The van der Waals surface area contributed by atoms with Crippen molar-refractivity contribution in [1.29, 1.82) is 0 Å². The summed E-state index contributed by atoms with van der Waals surface area (Å²) >= 11 is 0. The maximum absolute atomic E-state index is 5.54. The van der Waals surface area contributed by atoms with E-state index in [1.807, 2.05) is 18.3 Å². The molecule has 0 aliphatic carbocycles. The lowest BCUT2D eigenvalue weighted by Gasteiger charge is -2.26. The Labute approximate surface area is 96.0 Å². The predicted molar refractivity (Wildman–Crippen MR) is 62.6 cm³/mol. The standard InChI is InChI=1S/C12H18N2O2/c1-10-3-5-13-11(7-10)14-8-12(15-2)4-6-16-9-12/h3,5,7H,4,6,8-9H2,1-2H3,(H,13,14). The van der Waals surface area contributed by atoms with Gasteiger partial charge in [0.2, 0.25) is 0 Å². The highest BCUT2D eigenvalue weighted by Gasteiger charge is 2.34. The van der Waals surface area contributed by atoms with Crippen LogP contribution in [0.2, 0.25) is 0 Å². The SMILES string of the molecule is COC1(CNc2cc(C)ccn2)CCOC1. The summed E-state index contributed by atoms with van der Waals surface area (Å²) in [5.74, 6) is 0.892. The van der Waals surface area contributed by atoms with Crippen molar-refractivity contribution in [2.75, 3.05) is 32.2 Å². The number of ether oxygens (including phenoxy) is 2. The smallest absolute Gasteiger partial charge is 0.126 e. The average molecular weight is 222 g/mol. The first-order valence-electron chi connectivity index (χ1n) is 5.54. The Hall–Kier alpha value is -1.13. The van der Waals surface area contributed by atoms with Crippen LogP contribution in [-0.2, 0) is 9.47 Å². The van der Waals surface area contributed by atoms with E-state index in [-0.39, 0.29) is 5.60 Å². The van der Waals surface area contributed by atoms with Crippen LogP contribution < -0.4 is 5.32 Å². The summed E-state index contributed by atoms with van der Waals surface area (Å²) in [6.07, 6.45) is 2.74. The van der Waals surface area contributed by atoms with Gasteiger partial charge in [-0.05, 0) is 24.6 Å². The van der Waals surface area contributed by atoms with E-state index in [9.17, 15) is 0 Å². The molecular weight excluding hydrogens is 204 g/mol. The number of anilines is 1. The topological polar surface area (TPSA) is 43.4 Å². The van der Waals surface area contributed by atoms with Crippen LogP contribution in [0.25, 0.3) is 0 Å². The molecule has 1 fully saturated rings. The van der Waals surface area contributed by atoms with E-state index >= 15 is 0 Å². The molecule has 0 bridgehead atoms. The lowest BCUT2D eigenvalue weighted by Crippen LogP contribution is -2.39. The molecule has 1 atom stereocenters. The molecule has 0 aromatic carbocycles. The molecule has 1 unspecified atom stereocenters. The monoisotopic (exact) mass is 222 g/mol. The lowest BCUT2D eigenvalue weighted by molar-refractivity contribution is -0.00625. The van der Waals surface area contributed by atoms with Crippen molar-refractivity contribution in [3.8, 4) is 0 Å². The number of hydrogen-bond acceptors (Lipinski definition) is 4. The Morgan fingerprint density at radius 3 is 3.12 bits per heavy atom. The molecule has 0 amide bonds. The van der Waals surface area contributed by atoms with Crippen LogP contribution in [0.1, 0.15) is 12.0 Å². The second-order valence-corrected chi connectivity index (χ2v) is 4.26. The number of nitrogens with zero attached hydrogens (tertiary/aromatic N) is 1. The number of pyridine rings is 1. The van der Waals surface area contributed by atoms with Crippen LogP contribution in [0.15, 0.2) is 18.3 Å². The zero-order chi connectivity index (χ0) is 11.4. The third kappa shape index (κ3) is 2.51. The van der Waals surface area contributed by atoms with Gasteiger partial charge in [0.25, 0.3) is 0 Å². The molecule has 1 aliphatic rings. The van der Waals surface area contributed by atoms with E-state index < -0.39 is 0 Å². The largest absolute Gasteiger partial charge is 0.378 e. The number of nitrogens with one attached hydrogen (secondary N) is 1. The molecular formula is C12H18N2O2. The van der Waals surface area contributed by atoms with Crippen molar-refractivity contribution in [2.24, 2.45) is 0 Å². The molecule has 4 nitrogen and oxygen atoms in total. The molecule has 1 saturated heterocycles. The van der Waals surface area contributed by atoms with Gasteiger partial charge in [-0.2, -0.15) is 0 Å². The molecule has 1 aliphatic heterocycles. The molecule has 0 spiro atoms. The molecule has 2 rings (SSSR count). The Morgan fingerprint density at radius 1 is 1.62 bits per heavy atom. The second-order valence-electron chi connectivity index (χ2n) is 4.26. The fourth-order valence-electron chi connectivity index (χ4n) is 1.85. The number of hydrogen-bond donors (Lipinski definition) is 1. The summed E-state index contributed by atoms with van der Waals surface area (Å²) in [6.45, 7) is 4.22. The highest BCUT2D eigenvalue weighted by molar-refractivity contribution is 5.37. The van der Waals surface area contributed by atoms with Gasteiger partial charge in [0.05, 0.1) is 6.61 Å². The van der Waals surface area contributed by atoms with Crippen LogP contribution in [-0.4, -0.2) is 37.5 Å². The third-order valence-corrected chi connectivity index (χ3v) is 3.01. The molecule has 1 N–H and O–H groups in total. The van der Waals surface area contributed by atoms with E-state index in [1.165, 1.54) is 5.56 Å². The Balaban J connectivity index is 1.95. The van der Waals surface area contributed by atoms with Crippen molar-refractivity contribution < 1.29 is 9.47 Å². The predicted octanol–water partition coefficient (Wildman–Crippen LogP) is 1.61. The first-order valence-corrected chi connectivity index (χ1v) is 5.54. The van der Waals surface area contributed by atoms with Crippen LogP contribution in [0, 0.1) is 6.92 Å². The molecule has 0 radical (unpaired) electrons. The van der Waals surface area contributed by atoms with Gasteiger partial charge in [-0.25, -0.2) is 4.98 Å². The second kappa shape index (κ2) is 4.80. The summed E-state index contributed by atoms with van der Waals surface area (Å²) in [5.41, 5.74) is 1.01. The van der Waals surface area contributed by atoms with Crippen LogP contribution in [0.5, 0.6) is 0 Å². The van der Waals surface area contributed by atoms with Gasteiger partial charge in [0, 0.05) is 32.9 Å². The Morgan fingerprint density at radius 2 is 2.50 bits per heavy atom. The summed E-state index contributed by atoms with van der Waals surface area (Å²) in [6, 6.07) is 4.01. The first kappa shape index (κ1) is 11.4. The number of aromatic nitrogens is 1. The van der Waals surface area contributed by atoms with Gasteiger partial charge in [-0.15, -0.1) is 0 Å². The molecule has 16 heavy (non-hydrogen) atoms. The number of methoxy groups -OCH3 is 1. The van der Waals surface area contributed by atoms with Crippen molar-refractivity contribution in [3.63, 3.8) is 0 Å². The van der Waals surface area contributed by atoms with Gasteiger partial charge in [0.15, 0.2) is 0 Å². The van der Waals surface area contributed by atoms with E-state index in [4.69, 9.17) is 9.47 Å². The van der Waals surface area contributed by atoms with Crippen LogP contribution >= 0.6 is 0 Å². The van der Waals surface area contributed by atoms with Crippen LogP contribution in [0.4, 0.5) is 5.82 Å². The minimum Gasteiger partial charge on any atom is -0.378 e. The normalized spacial score (nSPS) is 24.6. The minimum absolute atomic E-state index is 0.189. The fourth-order valence-corrected chi connectivity index (χ4v) is 1.85. The Bertz CT molecular complexity index is 349. The summed E-state index contributed by atoms with van der Waals surface area (Å²) in [5, 5.41) is 3.30. The maximum atomic E-state index is 5.54. The summed E-state index contributed by atoms with van der Waals surface area (Å²) < 4.78 is 10.9. The van der Waals surface area contributed by atoms with Crippen LogP contribution in [0.3, 0.4) is 0 Å². The van der Waals surface area contributed by atoms with E-state index in [0.717, 1.165) is 25.4 Å². The molecule has 4 heteroatoms. The van der Waals surface area contributed by atoms with Gasteiger partial charge in [-0.1, -0.05) is 0 Å². The van der Waals surface area contributed by atoms with E-state index in [0.29, 0.717) is 6.61 Å². The molecule has 2 heterocycles. The van der Waals surface area contributed by atoms with E-state index in [1.54, 1.807) is 7.11 Å². The summed E-state index contributed by atoms with van der Waals surface area (Å²) in [7, 11) is 1.74. The van der Waals surface area contributed by atoms with Crippen molar-refractivity contribution in [1.82, 2.24) is 4.98 Å². The lowest BCUT2D eigenvalue weighted by atomic mass is 10.0. The minimum atomic E-state index is -0.189. The van der Waals surface area contributed by atoms with Crippen molar-refractivity contribution in [3.05, 3.63) is 23.9 Å². The highest BCUT2D eigenvalue weighted by Crippen LogP contribution is 2.22. The molecule has 1 aromatic heterocycles. The fraction of sp³-hybridized carbons (Fsp3) is 0.583. The average Bonchev–Trinajstić information content (AvgIpc) is 2.76. The zero-order valence-corrected chi connectivity index (χ0v) is 9.82. The first-order chi connectivity index (χ1) is 7.74. The van der Waals surface area contributed by atoms with Crippen molar-refractivity contribution >= 4 is 5.82 Å². The Kier molecular flexibility index (Phi) is 3.41. The number of aryl methyl sites for hydroxylation is 1. The van der Waals surface area contributed by atoms with Crippen molar-refractivity contribution in [2.45, 2.75) is 18.9 Å². The van der Waals surface area contributed by atoms with Gasteiger partial charge >= 0.3 is 0 Å². The quantitative estimate of drug-likeness (QED) is 0.840. The molecule has 88 valence electrons. The van der Waals surface area contributed by atoms with Gasteiger partial charge < -0.3 is 14.8 Å². The van der Waals surface area contributed by atoms with E-state index in [2.05, 4.69) is 17.2 Å². The number of rotatable bonds is 4.